The maximum atomic E-state index is 4.42. The van der Waals surface area contributed by atoms with Gasteiger partial charge in [0.2, 0.25) is 0 Å². The maximum Gasteiger partial charge on any atom is 0.0727 e. The van der Waals surface area contributed by atoms with Crippen molar-refractivity contribution in [3.63, 3.8) is 0 Å². The number of para-hydroxylation sites is 3. The average Bonchev–Trinajstić information content (AvgIpc) is 3.58. The van der Waals surface area contributed by atoms with Crippen LogP contribution in [-0.4, -0.2) is 0 Å². The number of anilines is 5. The lowest BCUT2D eigenvalue weighted by molar-refractivity contribution is 0.792. The minimum absolute atomic E-state index is 0.564. The summed E-state index contributed by atoms with van der Waals surface area (Å²) in [5.41, 5.74) is 16.0. The summed E-state index contributed by atoms with van der Waals surface area (Å²) in [4.78, 5) is 4.62. The van der Waals surface area contributed by atoms with Crippen molar-refractivity contribution in [2.24, 2.45) is 0 Å². The topological polar surface area (TPSA) is 6.48 Å². The van der Waals surface area contributed by atoms with Crippen LogP contribution in [0.5, 0.6) is 0 Å². The van der Waals surface area contributed by atoms with Crippen LogP contribution in [-0.2, 0) is 5.41 Å². The number of allylic oxidation sites excluding steroid dienone is 1. The molecule has 0 saturated heterocycles. The van der Waals surface area contributed by atoms with Gasteiger partial charge >= 0.3 is 0 Å². The molecule has 7 aromatic carbocycles. The number of halogens is 2. The summed E-state index contributed by atoms with van der Waals surface area (Å²) in [5.74, 6) is 0. The predicted octanol–water partition coefficient (Wildman–Crippen LogP) is 13.7. The molecule has 9 rings (SSSR count). The Morgan fingerprint density at radius 2 is 0.820 bits per heavy atom. The molecule has 0 unspecified atom stereocenters. The fourth-order valence-electron chi connectivity index (χ4n) is 8.19. The average molecular weight is 773 g/mol. The van der Waals surface area contributed by atoms with E-state index in [1.807, 2.05) is 0 Å². The first kappa shape index (κ1) is 30.9. The molecule has 0 fully saturated rings. The van der Waals surface area contributed by atoms with Crippen molar-refractivity contribution >= 4 is 60.3 Å². The molecule has 2 aliphatic carbocycles. The molecule has 2 nitrogen and oxygen atoms in total. The second kappa shape index (κ2) is 12.0. The third-order valence-corrected chi connectivity index (χ3v) is 11.1. The van der Waals surface area contributed by atoms with Crippen LogP contribution in [0, 0.1) is 0 Å². The van der Waals surface area contributed by atoms with Gasteiger partial charge in [0.1, 0.15) is 0 Å². The zero-order valence-electron chi connectivity index (χ0n) is 27.4. The quantitative estimate of drug-likeness (QED) is 0.166. The van der Waals surface area contributed by atoms with Gasteiger partial charge in [0.25, 0.3) is 0 Å². The largest absolute Gasteiger partial charge is 0.315 e. The van der Waals surface area contributed by atoms with Crippen LogP contribution in [0.4, 0.5) is 28.4 Å². The van der Waals surface area contributed by atoms with E-state index in [1.165, 1.54) is 44.5 Å². The number of hydrogen-bond donors (Lipinski definition) is 0. The van der Waals surface area contributed by atoms with E-state index in [0.717, 1.165) is 43.1 Å². The van der Waals surface area contributed by atoms with Crippen LogP contribution < -0.4 is 9.80 Å². The van der Waals surface area contributed by atoms with Crippen LogP contribution in [0.15, 0.2) is 185 Å². The highest BCUT2D eigenvalue weighted by Gasteiger charge is 2.52. The molecule has 1 spiro atoms. The molecule has 0 aliphatic heterocycles. The van der Waals surface area contributed by atoms with Gasteiger partial charge in [-0.25, -0.2) is 0 Å². The number of rotatable bonds is 6. The monoisotopic (exact) mass is 770 g/mol. The molecular weight excluding hydrogens is 740 g/mol. The Balaban J connectivity index is 1.37. The van der Waals surface area contributed by atoms with Gasteiger partial charge in [0, 0.05) is 43.1 Å². The lowest BCUT2D eigenvalue weighted by Crippen LogP contribution is -2.27. The van der Waals surface area contributed by atoms with Gasteiger partial charge in [0.15, 0.2) is 0 Å². The molecule has 240 valence electrons. The van der Waals surface area contributed by atoms with E-state index in [2.05, 4.69) is 219 Å². The standard InChI is InChI=1S/C46H32Br2N2/c1-30(2)49(33-12-6-3-7-13-33)36-20-24-40-41-25-21-37(50(34-14-8-4-9-15-34)35-16-10-5-11-17-35)29-45(41)46(44(40)28-36)42-26-31(47)18-22-38(42)39-23-19-32(48)27-43(39)46/h3-29H,1H2,2H3. The summed E-state index contributed by atoms with van der Waals surface area (Å²) in [6.45, 7) is 6.50. The van der Waals surface area contributed by atoms with Gasteiger partial charge in [-0.1, -0.05) is 117 Å². The molecule has 0 radical (unpaired) electrons. The predicted molar refractivity (Wildman–Crippen MR) is 216 cm³/mol. The molecule has 50 heavy (non-hydrogen) atoms. The fraction of sp³-hybridized carbons (Fsp3) is 0.0435. The first-order valence-corrected chi connectivity index (χ1v) is 18.3. The summed E-state index contributed by atoms with van der Waals surface area (Å²) < 4.78 is 2.13. The van der Waals surface area contributed by atoms with Crippen molar-refractivity contribution in [1.29, 1.82) is 0 Å². The molecule has 0 heterocycles. The normalized spacial score (nSPS) is 12.9. The molecule has 4 heteroatoms. The van der Waals surface area contributed by atoms with E-state index >= 15 is 0 Å². The lowest BCUT2D eigenvalue weighted by Gasteiger charge is -2.33. The Hall–Kier alpha value is -5.16. The Bertz CT molecular complexity index is 2350. The van der Waals surface area contributed by atoms with E-state index < -0.39 is 5.41 Å². The van der Waals surface area contributed by atoms with Gasteiger partial charge < -0.3 is 9.80 Å². The smallest absolute Gasteiger partial charge is 0.0727 e. The molecule has 0 bridgehead atoms. The van der Waals surface area contributed by atoms with Crippen molar-refractivity contribution in [2.75, 3.05) is 9.80 Å². The van der Waals surface area contributed by atoms with Crippen molar-refractivity contribution in [2.45, 2.75) is 12.3 Å². The lowest BCUT2D eigenvalue weighted by atomic mass is 9.70. The zero-order chi connectivity index (χ0) is 34.0. The summed E-state index contributed by atoms with van der Waals surface area (Å²) in [7, 11) is 0. The van der Waals surface area contributed by atoms with Crippen LogP contribution in [0.3, 0.4) is 0 Å². The van der Waals surface area contributed by atoms with Crippen LogP contribution >= 0.6 is 31.9 Å². The van der Waals surface area contributed by atoms with Crippen LogP contribution in [0.2, 0.25) is 0 Å². The van der Waals surface area contributed by atoms with Gasteiger partial charge in [-0.2, -0.15) is 0 Å². The van der Waals surface area contributed by atoms with Gasteiger partial charge in [-0.05, 0) is 136 Å². The number of hydrogen-bond acceptors (Lipinski definition) is 2. The zero-order valence-corrected chi connectivity index (χ0v) is 30.6. The van der Waals surface area contributed by atoms with E-state index in [9.17, 15) is 0 Å². The van der Waals surface area contributed by atoms with Crippen LogP contribution in [0.1, 0.15) is 29.2 Å². The third-order valence-electron chi connectivity index (χ3n) is 10.1. The van der Waals surface area contributed by atoms with Crippen molar-refractivity contribution in [1.82, 2.24) is 0 Å². The molecule has 0 atom stereocenters. The van der Waals surface area contributed by atoms with E-state index in [0.29, 0.717) is 0 Å². The highest BCUT2D eigenvalue weighted by molar-refractivity contribution is 9.10. The van der Waals surface area contributed by atoms with Gasteiger partial charge in [-0.3, -0.25) is 0 Å². The Labute approximate surface area is 310 Å². The number of nitrogens with zero attached hydrogens (tertiary/aromatic N) is 2. The Kier molecular flexibility index (Phi) is 7.42. The molecule has 0 aromatic heterocycles. The van der Waals surface area contributed by atoms with E-state index in [-0.39, 0.29) is 0 Å². The summed E-state index contributed by atoms with van der Waals surface area (Å²) in [5, 5.41) is 0. The Morgan fingerprint density at radius 1 is 0.440 bits per heavy atom. The van der Waals surface area contributed by atoms with E-state index in [1.54, 1.807) is 0 Å². The maximum absolute atomic E-state index is 4.42. The molecule has 0 amide bonds. The first-order chi connectivity index (χ1) is 24.4. The van der Waals surface area contributed by atoms with Gasteiger partial charge in [-0.15, -0.1) is 0 Å². The number of fused-ring (bicyclic) bond motifs is 10. The second-order valence-corrected chi connectivity index (χ2v) is 14.8. The molecule has 0 N–H and O–H groups in total. The summed E-state index contributed by atoms with van der Waals surface area (Å²) in [6.07, 6.45) is 0. The SMILES string of the molecule is C=C(C)N(c1ccccc1)c1ccc2c(c1)C1(c3cc(Br)ccc3-c3ccc(Br)cc31)c1cc(N(c3ccccc3)c3ccccc3)ccc1-2. The molecule has 2 aliphatic rings. The molecular formula is C46H32Br2N2. The second-order valence-electron chi connectivity index (χ2n) is 13.0. The van der Waals surface area contributed by atoms with Crippen molar-refractivity contribution in [3.8, 4) is 22.3 Å². The minimum atomic E-state index is -0.564. The Morgan fingerprint density at radius 3 is 1.28 bits per heavy atom. The number of benzene rings is 7. The van der Waals surface area contributed by atoms with E-state index in [4.69, 9.17) is 0 Å². The summed E-state index contributed by atoms with van der Waals surface area (Å²) in [6, 6.07) is 59.4. The van der Waals surface area contributed by atoms with Crippen molar-refractivity contribution in [3.05, 3.63) is 207 Å². The van der Waals surface area contributed by atoms with Gasteiger partial charge in [0.05, 0.1) is 5.41 Å². The third kappa shape index (κ3) is 4.66. The summed E-state index contributed by atoms with van der Waals surface area (Å²) >= 11 is 7.77. The van der Waals surface area contributed by atoms with Crippen LogP contribution in [0.25, 0.3) is 22.3 Å². The minimum Gasteiger partial charge on any atom is -0.315 e. The molecule has 7 aromatic rings. The fourth-order valence-corrected chi connectivity index (χ4v) is 8.92. The van der Waals surface area contributed by atoms with Crippen molar-refractivity contribution < 1.29 is 0 Å². The first-order valence-electron chi connectivity index (χ1n) is 16.8. The highest BCUT2D eigenvalue weighted by Crippen LogP contribution is 2.64. The molecule has 0 saturated carbocycles. The highest BCUT2D eigenvalue weighted by atomic mass is 79.9.